The van der Waals surface area contributed by atoms with Gasteiger partial charge >= 0.3 is 0 Å². The lowest BCUT2D eigenvalue weighted by molar-refractivity contribution is 0.292. The van der Waals surface area contributed by atoms with Gasteiger partial charge in [0.15, 0.2) is 0 Å². The van der Waals surface area contributed by atoms with Crippen molar-refractivity contribution in [2.24, 2.45) is 0 Å². The molecule has 2 heteroatoms. The maximum Gasteiger partial charge on any atom is 0.0555 e. The second-order valence-electron chi connectivity index (χ2n) is 6.42. The number of aliphatic hydroxyl groups is 1. The van der Waals surface area contributed by atoms with Crippen LogP contribution in [0, 0.1) is 0 Å². The number of aliphatic hydroxyl groups excluding tert-OH is 1. The number of hydrogen-bond donors (Lipinski definition) is 2. The van der Waals surface area contributed by atoms with Gasteiger partial charge < -0.3 is 10.4 Å². The van der Waals surface area contributed by atoms with Crippen molar-refractivity contribution in [2.45, 2.75) is 103 Å². The number of rotatable bonds is 18. The minimum atomic E-state index is 0.263. The van der Waals surface area contributed by atoms with Gasteiger partial charge in [-0.15, -0.1) is 0 Å². The molecule has 0 bridgehead atoms. The van der Waals surface area contributed by atoms with Crippen LogP contribution in [0.25, 0.3) is 0 Å². The lowest BCUT2D eigenvalue weighted by Gasteiger charge is -2.04. The summed E-state index contributed by atoms with van der Waals surface area (Å²) in [5.74, 6) is 0. The van der Waals surface area contributed by atoms with E-state index in [1.165, 1.54) is 96.3 Å². The Morgan fingerprint density at radius 2 is 0.905 bits per heavy atom. The Balaban J connectivity index is 2.90. The molecule has 0 amide bonds. The third-order valence-electron chi connectivity index (χ3n) is 4.25. The van der Waals surface area contributed by atoms with E-state index in [-0.39, 0.29) is 6.61 Å². The first kappa shape index (κ1) is 20.9. The fourth-order valence-corrected chi connectivity index (χ4v) is 2.83. The van der Waals surface area contributed by atoms with Gasteiger partial charge in [0.1, 0.15) is 0 Å². The molecule has 2 N–H and O–H groups in total. The normalized spacial score (nSPS) is 11.1. The molecule has 0 aliphatic rings. The zero-order valence-electron chi connectivity index (χ0n) is 14.7. The van der Waals surface area contributed by atoms with Crippen LogP contribution in [-0.4, -0.2) is 24.8 Å². The fourth-order valence-electron chi connectivity index (χ4n) is 2.83. The number of hydrogen-bond acceptors (Lipinski definition) is 2. The van der Waals surface area contributed by atoms with Crippen molar-refractivity contribution in [1.29, 1.82) is 0 Å². The van der Waals surface area contributed by atoms with Gasteiger partial charge in [-0.3, -0.25) is 0 Å². The molecule has 0 spiro atoms. The maximum atomic E-state index is 8.63. The smallest absolute Gasteiger partial charge is 0.0555 e. The van der Waals surface area contributed by atoms with Crippen LogP contribution in [0.2, 0.25) is 0 Å². The highest BCUT2D eigenvalue weighted by Gasteiger charge is 1.94. The molecule has 0 saturated heterocycles. The molecule has 0 aliphatic carbocycles. The predicted octanol–water partition coefficient (Wildman–Crippen LogP) is 5.44. The van der Waals surface area contributed by atoms with E-state index in [1.807, 2.05) is 0 Å². The average molecular weight is 300 g/mol. The van der Waals surface area contributed by atoms with Crippen LogP contribution < -0.4 is 5.32 Å². The van der Waals surface area contributed by atoms with Crippen molar-refractivity contribution in [3.8, 4) is 0 Å². The Labute approximate surface area is 134 Å². The Kier molecular flexibility index (Phi) is 19.8. The zero-order valence-corrected chi connectivity index (χ0v) is 14.7. The highest BCUT2D eigenvalue weighted by atomic mass is 16.3. The fraction of sp³-hybridized carbons (Fsp3) is 1.00. The molecule has 0 rings (SSSR count). The summed E-state index contributed by atoms with van der Waals surface area (Å²) in [4.78, 5) is 0. The molecule has 0 aromatic carbocycles. The topological polar surface area (TPSA) is 32.3 Å². The molecular formula is C19H41NO. The summed E-state index contributed by atoms with van der Waals surface area (Å²) in [6.45, 7) is 4.37. The molecule has 0 aliphatic heterocycles. The van der Waals surface area contributed by atoms with Gasteiger partial charge in [0.25, 0.3) is 0 Å². The van der Waals surface area contributed by atoms with Crippen molar-refractivity contribution < 1.29 is 5.11 Å². The third-order valence-corrected chi connectivity index (χ3v) is 4.25. The van der Waals surface area contributed by atoms with E-state index in [9.17, 15) is 0 Å². The minimum absolute atomic E-state index is 0.263. The van der Waals surface area contributed by atoms with Gasteiger partial charge in [0, 0.05) is 6.54 Å². The summed E-state index contributed by atoms with van der Waals surface area (Å²) in [6, 6.07) is 0. The van der Waals surface area contributed by atoms with E-state index in [0.29, 0.717) is 0 Å². The second kappa shape index (κ2) is 19.9. The second-order valence-corrected chi connectivity index (χ2v) is 6.42. The van der Waals surface area contributed by atoms with Gasteiger partial charge in [0.05, 0.1) is 6.61 Å². The monoisotopic (exact) mass is 299 g/mol. The Bertz CT molecular complexity index is 155. The van der Waals surface area contributed by atoms with E-state index in [2.05, 4.69) is 12.2 Å². The van der Waals surface area contributed by atoms with Gasteiger partial charge in [-0.25, -0.2) is 0 Å². The van der Waals surface area contributed by atoms with Gasteiger partial charge in [-0.2, -0.15) is 0 Å². The first-order valence-electron chi connectivity index (χ1n) is 9.73. The Hall–Kier alpha value is -0.0800. The molecule has 0 unspecified atom stereocenters. The molecule has 0 aromatic rings. The molecule has 0 heterocycles. The largest absolute Gasteiger partial charge is 0.395 e. The summed E-state index contributed by atoms with van der Waals surface area (Å²) in [6.07, 6.45) is 21.3. The Morgan fingerprint density at radius 3 is 1.29 bits per heavy atom. The van der Waals surface area contributed by atoms with E-state index in [4.69, 9.17) is 5.11 Å². The summed E-state index contributed by atoms with van der Waals surface area (Å²) < 4.78 is 0. The van der Waals surface area contributed by atoms with Crippen LogP contribution in [0.4, 0.5) is 0 Å². The van der Waals surface area contributed by atoms with Crippen LogP contribution in [0.1, 0.15) is 103 Å². The van der Waals surface area contributed by atoms with Gasteiger partial charge in [-0.05, 0) is 13.0 Å². The van der Waals surface area contributed by atoms with E-state index in [1.54, 1.807) is 0 Å². The Morgan fingerprint density at radius 1 is 0.524 bits per heavy atom. The van der Waals surface area contributed by atoms with Crippen molar-refractivity contribution in [3.63, 3.8) is 0 Å². The zero-order chi connectivity index (χ0) is 15.4. The predicted molar refractivity (Wildman–Crippen MR) is 94.9 cm³/mol. The van der Waals surface area contributed by atoms with Crippen molar-refractivity contribution in [1.82, 2.24) is 5.32 Å². The lowest BCUT2D eigenvalue weighted by Crippen LogP contribution is -2.19. The molecular weight excluding hydrogens is 258 g/mol. The molecule has 0 radical (unpaired) electrons. The van der Waals surface area contributed by atoms with Crippen molar-refractivity contribution in [2.75, 3.05) is 19.7 Å². The minimum Gasteiger partial charge on any atom is -0.395 e. The summed E-state index contributed by atoms with van der Waals surface area (Å²) in [5, 5.41) is 11.9. The van der Waals surface area contributed by atoms with Crippen molar-refractivity contribution >= 4 is 0 Å². The lowest BCUT2D eigenvalue weighted by atomic mass is 10.0. The SMILES string of the molecule is CCCCCCCCCCCCCCCCCNCCO. The molecule has 0 aromatic heterocycles. The van der Waals surface area contributed by atoms with Crippen LogP contribution in [-0.2, 0) is 0 Å². The molecule has 0 saturated carbocycles. The van der Waals surface area contributed by atoms with E-state index < -0.39 is 0 Å². The highest BCUT2D eigenvalue weighted by Crippen LogP contribution is 2.13. The molecule has 0 atom stereocenters. The summed E-state index contributed by atoms with van der Waals surface area (Å²) in [7, 11) is 0. The molecule has 0 fully saturated rings. The molecule has 2 nitrogen and oxygen atoms in total. The standard InChI is InChI=1S/C19H41NO/c1-2-3-4-5-6-7-8-9-10-11-12-13-14-15-16-17-20-18-19-21/h20-21H,2-19H2,1H3. The van der Waals surface area contributed by atoms with Crippen LogP contribution >= 0.6 is 0 Å². The molecule has 128 valence electrons. The van der Waals surface area contributed by atoms with E-state index in [0.717, 1.165) is 13.1 Å². The van der Waals surface area contributed by atoms with Gasteiger partial charge in [-0.1, -0.05) is 96.8 Å². The molecule has 21 heavy (non-hydrogen) atoms. The van der Waals surface area contributed by atoms with Crippen LogP contribution in [0.15, 0.2) is 0 Å². The van der Waals surface area contributed by atoms with Crippen LogP contribution in [0.5, 0.6) is 0 Å². The average Bonchev–Trinajstić information content (AvgIpc) is 2.50. The quantitative estimate of drug-likeness (QED) is 0.330. The van der Waals surface area contributed by atoms with Gasteiger partial charge in [0.2, 0.25) is 0 Å². The first-order chi connectivity index (χ1) is 10.4. The number of nitrogens with one attached hydrogen (secondary N) is 1. The van der Waals surface area contributed by atoms with E-state index >= 15 is 0 Å². The van der Waals surface area contributed by atoms with Crippen LogP contribution in [0.3, 0.4) is 0 Å². The summed E-state index contributed by atoms with van der Waals surface area (Å²) >= 11 is 0. The maximum absolute atomic E-state index is 8.63. The first-order valence-corrected chi connectivity index (χ1v) is 9.73. The number of unbranched alkanes of at least 4 members (excludes halogenated alkanes) is 14. The summed E-state index contributed by atoms with van der Waals surface area (Å²) in [5.41, 5.74) is 0. The third kappa shape index (κ3) is 19.9. The van der Waals surface area contributed by atoms with Crippen molar-refractivity contribution in [3.05, 3.63) is 0 Å². The highest BCUT2D eigenvalue weighted by molar-refractivity contribution is 4.51.